The van der Waals surface area contributed by atoms with Crippen LogP contribution >= 0.6 is 0 Å². The van der Waals surface area contributed by atoms with E-state index in [1.54, 1.807) is 0 Å². The summed E-state index contributed by atoms with van der Waals surface area (Å²) in [4.78, 5) is 2.53. The molecule has 1 rings (SSSR count). The van der Waals surface area contributed by atoms with Crippen LogP contribution in [0.2, 0.25) is 0 Å². The predicted octanol–water partition coefficient (Wildman–Crippen LogP) is 1.45. The molecule has 0 aliphatic carbocycles. The average molecular weight is 227 g/mol. The molecule has 0 bridgehead atoms. The Morgan fingerprint density at radius 1 is 1.12 bits per heavy atom. The number of hydrogen-bond acceptors (Lipinski definition) is 3. The molecule has 0 atom stereocenters. The number of rotatable bonds is 5. The molecule has 0 aromatic carbocycles. The van der Waals surface area contributed by atoms with E-state index in [1.165, 1.54) is 32.5 Å². The Morgan fingerprint density at radius 3 is 2.25 bits per heavy atom. The summed E-state index contributed by atoms with van der Waals surface area (Å²) < 4.78 is 0. The third-order valence-corrected chi connectivity index (χ3v) is 3.25. The number of nitrogens with zero attached hydrogens (tertiary/aromatic N) is 1. The van der Waals surface area contributed by atoms with E-state index in [0.29, 0.717) is 0 Å². The molecule has 1 aliphatic rings. The lowest BCUT2D eigenvalue weighted by atomic mass is 10.1. The summed E-state index contributed by atoms with van der Waals surface area (Å²) in [7, 11) is 0. The number of piperidine rings is 1. The SMILES string of the molecule is CCN1CCC(NCCNC(C)(C)C)CC1. The van der Waals surface area contributed by atoms with Gasteiger partial charge in [-0.1, -0.05) is 6.92 Å². The van der Waals surface area contributed by atoms with Crippen molar-refractivity contribution in [1.29, 1.82) is 0 Å². The quantitative estimate of drug-likeness (QED) is 0.696. The van der Waals surface area contributed by atoms with Crippen molar-refractivity contribution < 1.29 is 0 Å². The molecule has 2 N–H and O–H groups in total. The van der Waals surface area contributed by atoms with Crippen LogP contribution in [-0.4, -0.2) is 49.2 Å². The zero-order chi connectivity index (χ0) is 12.0. The summed E-state index contributed by atoms with van der Waals surface area (Å²) in [5.41, 5.74) is 0.243. The van der Waals surface area contributed by atoms with Crippen LogP contribution in [-0.2, 0) is 0 Å². The Hall–Kier alpha value is -0.120. The summed E-state index contributed by atoms with van der Waals surface area (Å²) in [5, 5.41) is 7.16. The van der Waals surface area contributed by atoms with Gasteiger partial charge in [-0.2, -0.15) is 0 Å². The van der Waals surface area contributed by atoms with Crippen molar-refractivity contribution in [1.82, 2.24) is 15.5 Å². The molecule has 1 fully saturated rings. The maximum absolute atomic E-state index is 3.65. The maximum atomic E-state index is 3.65. The molecule has 1 saturated heterocycles. The minimum Gasteiger partial charge on any atom is -0.313 e. The standard InChI is InChI=1S/C13H29N3/c1-5-16-10-6-12(7-11-16)14-8-9-15-13(2,3)4/h12,14-15H,5-11H2,1-4H3. The Labute approximate surface area is 101 Å². The van der Waals surface area contributed by atoms with Crippen LogP contribution in [0.25, 0.3) is 0 Å². The van der Waals surface area contributed by atoms with Gasteiger partial charge in [-0.25, -0.2) is 0 Å². The maximum Gasteiger partial charge on any atom is 0.00970 e. The Balaban J connectivity index is 2.02. The smallest absolute Gasteiger partial charge is 0.00970 e. The van der Waals surface area contributed by atoms with Crippen LogP contribution in [0.15, 0.2) is 0 Å². The van der Waals surface area contributed by atoms with E-state index in [4.69, 9.17) is 0 Å². The summed E-state index contributed by atoms with van der Waals surface area (Å²) in [6.45, 7) is 14.8. The van der Waals surface area contributed by atoms with E-state index in [9.17, 15) is 0 Å². The van der Waals surface area contributed by atoms with E-state index >= 15 is 0 Å². The summed E-state index contributed by atoms with van der Waals surface area (Å²) in [5.74, 6) is 0. The lowest BCUT2D eigenvalue weighted by Crippen LogP contribution is -2.46. The topological polar surface area (TPSA) is 27.3 Å². The Bertz CT molecular complexity index is 178. The van der Waals surface area contributed by atoms with Gasteiger partial charge in [-0.3, -0.25) is 0 Å². The van der Waals surface area contributed by atoms with Gasteiger partial charge >= 0.3 is 0 Å². The van der Waals surface area contributed by atoms with Gasteiger partial charge in [0.25, 0.3) is 0 Å². The van der Waals surface area contributed by atoms with E-state index in [1.807, 2.05) is 0 Å². The molecular formula is C13H29N3. The van der Waals surface area contributed by atoms with Gasteiger partial charge in [0.1, 0.15) is 0 Å². The van der Waals surface area contributed by atoms with Gasteiger partial charge < -0.3 is 15.5 Å². The van der Waals surface area contributed by atoms with Crippen LogP contribution in [0.1, 0.15) is 40.5 Å². The molecule has 0 radical (unpaired) electrons. The summed E-state index contributed by atoms with van der Waals surface area (Å²) in [6, 6.07) is 0.740. The van der Waals surface area contributed by atoms with Gasteiger partial charge in [-0.05, 0) is 53.2 Å². The first-order valence-electron chi connectivity index (χ1n) is 6.72. The van der Waals surface area contributed by atoms with Crippen LogP contribution < -0.4 is 10.6 Å². The molecule has 0 amide bonds. The third-order valence-electron chi connectivity index (χ3n) is 3.25. The largest absolute Gasteiger partial charge is 0.313 e. The Kier molecular flexibility index (Phi) is 5.73. The Morgan fingerprint density at radius 2 is 1.75 bits per heavy atom. The molecular weight excluding hydrogens is 198 g/mol. The lowest BCUT2D eigenvalue weighted by Gasteiger charge is -2.32. The number of nitrogens with one attached hydrogen (secondary N) is 2. The normalized spacial score (nSPS) is 20.2. The van der Waals surface area contributed by atoms with Gasteiger partial charge in [0, 0.05) is 24.7 Å². The zero-order valence-corrected chi connectivity index (χ0v) is 11.5. The van der Waals surface area contributed by atoms with Gasteiger partial charge in [0.05, 0.1) is 0 Å². The molecule has 1 aliphatic heterocycles. The van der Waals surface area contributed by atoms with E-state index < -0.39 is 0 Å². The first-order chi connectivity index (χ1) is 7.51. The van der Waals surface area contributed by atoms with Crippen LogP contribution in [0, 0.1) is 0 Å². The monoisotopic (exact) mass is 227 g/mol. The molecule has 96 valence electrons. The average Bonchev–Trinajstić information content (AvgIpc) is 2.24. The van der Waals surface area contributed by atoms with Crippen molar-refractivity contribution >= 4 is 0 Å². The van der Waals surface area contributed by atoms with Gasteiger partial charge in [0.15, 0.2) is 0 Å². The number of likely N-dealkylation sites (tertiary alicyclic amines) is 1. The minimum absolute atomic E-state index is 0.243. The molecule has 0 saturated carbocycles. The summed E-state index contributed by atoms with van der Waals surface area (Å²) in [6.07, 6.45) is 2.62. The fourth-order valence-corrected chi connectivity index (χ4v) is 2.17. The van der Waals surface area contributed by atoms with Crippen molar-refractivity contribution in [3.63, 3.8) is 0 Å². The van der Waals surface area contributed by atoms with Crippen LogP contribution in [0.4, 0.5) is 0 Å². The van der Waals surface area contributed by atoms with E-state index in [-0.39, 0.29) is 5.54 Å². The molecule has 1 heterocycles. The molecule has 0 aromatic rings. The zero-order valence-electron chi connectivity index (χ0n) is 11.5. The predicted molar refractivity (Wildman–Crippen MR) is 70.9 cm³/mol. The molecule has 3 nitrogen and oxygen atoms in total. The molecule has 16 heavy (non-hydrogen) atoms. The van der Waals surface area contributed by atoms with Crippen molar-refractivity contribution in [3.8, 4) is 0 Å². The van der Waals surface area contributed by atoms with Gasteiger partial charge in [0.2, 0.25) is 0 Å². The fourth-order valence-electron chi connectivity index (χ4n) is 2.17. The highest BCUT2D eigenvalue weighted by molar-refractivity contribution is 4.77. The first kappa shape index (κ1) is 13.9. The molecule has 3 heteroatoms. The molecule has 0 unspecified atom stereocenters. The summed E-state index contributed by atoms with van der Waals surface area (Å²) >= 11 is 0. The second kappa shape index (κ2) is 6.58. The first-order valence-corrected chi connectivity index (χ1v) is 6.72. The second-order valence-corrected chi connectivity index (χ2v) is 5.84. The van der Waals surface area contributed by atoms with Crippen molar-refractivity contribution in [2.24, 2.45) is 0 Å². The molecule has 0 aromatic heterocycles. The van der Waals surface area contributed by atoms with Crippen LogP contribution in [0.3, 0.4) is 0 Å². The minimum atomic E-state index is 0.243. The van der Waals surface area contributed by atoms with Gasteiger partial charge in [-0.15, -0.1) is 0 Å². The second-order valence-electron chi connectivity index (χ2n) is 5.84. The highest BCUT2D eigenvalue weighted by Crippen LogP contribution is 2.09. The highest BCUT2D eigenvalue weighted by atomic mass is 15.1. The lowest BCUT2D eigenvalue weighted by molar-refractivity contribution is 0.206. The van der Waals surface area contributed by atoms with Crippen LogP contribution in [0.5, 0.6) is 0 Å². The van der Waals surface area contributed by atoms with Crippen molar-refractivity contribution in [3.05, 3.63) is 0 Å². The van der Waals surface area contributed by atoms with E-state index in [0.717, 1.165) is 19.1 Å². The van der Waals surface area contributed by atoms with Crippen molar-refractivity contribution in [2.75, 3.05) is 32.7 Å². The third kappa shape index (κ3) is 5.83. The number of hydrogen-bond donors (Lipinski definition) is 2. The highest BCUT2D eigenvalue weighted by Gasteiger charge is 2.17. The van der Waals surface area contributed by atoms with E-state index in [2.05, 4.69) is 43.2 Å². The molecule has 0 spiro atoms. The fraction of sp³-hybridized carbons (Fsp3) is 1.00. The van der Waals surface area contributed by atoms with Crippen molar-refractivity contribution in [2.45, 2.75) is 52.1 Å².